The van der Waals surface area contributed by atoms with Crippen LogP contribution in [0.4, 0.5) is 5.69 Å². The molecule has 0 fully saturated rings. The highest BCUT2D eigenvalue weighted by Gasteiger charge is 2.25. The van der Waals surface area contributed by atoms with Gasteiger partial charge in [0.15, 0.2) is 0 Å². The third kappa shape index (κ3) is 7.06. The molecule has 0 unspecified atom stereocenters. The van der Waals surface area contributed by atoms with Crippen LogP contribution in [-0.2, 0) is 23.6 Å². The molecule has 0 bridgehead atoms. The first-order valence-corrected chi connectivity index (χ1v) is 17.2. The van der Waals surface area contributed by atoms with Gasteiger partial charge in [-0.15, -0.1) is 0 Å². The van der Waals surface area contributed by atoms with Gasteiger partial charge in [0.05, 0.1) is 20.8 Å². The van der Waals surface area contributed by atoms with E-state index in [0.717, 1.165) is 27.6 Å². The first-order valence-electron chi connectivity index (χ1n) is 14.0. The lowest BCUT2D eigenvalue weighted by Crippen LogP contribution is -2.28. The number of fused-ring (bicyclic) bond motifs is 2. The molecule has 0 aliphatic carbocycles. The van der Waals surface area contributed by atoms with Gasteiger partial charge in [-0.05, 0) is 98.2 Å². The summed E-state index contributed by atoms with van der Waals surface area (Å²) >= 11 is 3.48. The molecule has 0 atom stereocenters. The fraction of sp³-hybridized carbons (Fsp3) is 0.265. The van der Waals surface area contributed by atoms with Gasteiger partial charge >= 0.3 is 0 Å². The van der Waals surface area contributed by atoms with Crippen LogP contribution < -0.4 is 9.47 Å². The second-order valence-electron chi connectivity index (χ2n) is 10.9. The maximum Gasteiger partial charge on any atom is 0.262 e. The predicted octanol–water partition coefficient (Wildman–Crippen LogP) is 7.53. The van der Waals surface area contributed by atoms with Gasteiger partial charge < -0.3 is 9.45 Å². The van der Waals surface area contributed by atoms with E-state index in [9.17, 15) is 13.0 Å². The summed E-state index contributed by atoms with van der Waals surface area (Å²) in [6.07, 6.45) is 9.74. The van der Waals surface area contributed by atoms with Crippen molar-refractivity contribution in [3.05, 3.63) is 116 Å². The average molecular weight is 617 g/mol. The molecule has 8 heteroatoms. The molecule has 1 aromatic heterocycles. The summed E-state index contributed by atoms with van der Waals surface area (Å²) in [5, 5.41) is 2.20. The van der Waals surface area contributed by atoms with E-state index in [-0.39, 0.29) is 12.2 Å². The van der Waals surface area contributed by atoms with E-state index < -0.39 is 10.1 Å². The second kappa shape index (κ2) is 12.6. The van der Waals surface area contributed by atoms with Crippen molar-refractivity contribution in [1.82, 2.24) is 0 Å². The Morgan fingerprint density at radius 2 is 1.67 bits per heavy atom. The fourth-order valence-corrected chi connectivity index (χ4v) is 7.82. The average Bonchev–Trinajstić information content (AvgIpc) is 3.42. The number of thiazole rings is 1. The Balaban J connectivity index is 1.50. The lowest BCUT2D eigenvalue weighted by atomic mass is 10.0. The molecular formula is C34H36N2O3S3. The summed E-state index contributed by atoms with van der Waals surface area (Å²) in [7, 11) is -2.15. The van der Waals surface area contributed by atoms with Gasteiger partial charge in [-0.1, -0.05) is 65.6 Å². The van der Waals surface area contributed by atoms with Crippen LogP contribution in [0.15, 0.2) is 88.3 Å². The van der Waals surface area contributed by atoms with Gasteiger partial charge in [0.25, 0.3) is 5.01 Å². The van der Waals surface area contributed by atoms with E-state index in [0.29, 0.717) is 6.54 Å². The highest BCUT2D eigenvalue weighted by Crippen LogP contribution is 2.47. The molecule has 1 aliphatic heterocycles. The molecule has 4 aromatic rings. The first kappa shape index (κ1) is 30.3. The van der Waals surface area contributed by atoms with E-state index in [1.165, 1.54) is 43.0 Å². The Morgan fingerprint density at radius 1 is 0.976 bits per heavy atom. The van der Waals surface area contributed by atoms with Crippen LogP contribution in [0.3, 0.4) is 0 Å². The van der Waals surface area contributed by atoms with Crippen LogP contribution in [0.25, 0.3) is 16.3 Å². The molecule has 1 aliphatic rings. The molecule has 0 saturated heterocycles. The summed E-state index contributed by atoms with van der Waals surface area (Å²) in [4.78, 5) is 3.29. The lowest BCUT2D eigenvalue weighted by Gasteiger charge is -2.21. The highest BCUT2D eigenvalue weighted by molar-refractivity contribution is 8.03. The van der Waals surface area contributed by atoms with Gasteiger partial charge in [0.1, 0.15) is 11.7 Å². The van der Waals surface area contributed by atoms with Crippen molar-refractivity contribution in [3.63, 3.8) is 0 Å². The Morgan fingerprint density at radius 3 is 2.40 bits per heavy atom. The van der Waals surface area contributed by atoms with Gasteiger partial charge in [0, 0.05) is 29.3 Å². The number of hydrogen-bond acceptors (Lipinski definition) is 6. The zero-order valence-corrected chi connectivity index (χ0v) is 27.1. The van der Waals surface area contributed by atoms with Crippen LogP contribution in [0, 0.1) is 27.7 Å². The fourth-order valence-electron chi connectivity index (χ4n) is 5.03. The van der Waals surface area contributed by atoms with Crippen molar-refractivity contribution in [3.8, 4) is 0 Å². The van der Waals surface area contributed by atoms with Gasteiger partial charge in [-0.25, -0.2) is 8.42 Å². The SMILES string of the molecule is Cc1cc2c(cc1C)N(CCCS(=O)(=O)[O-])C(=CC=C(C=Cc1sc3cc(C)c(C)cc3[n+]1C)Cc1ccccc1)S2. The molecule has 218 valence electrons. The Hall–Kier alpha value is -3.17. The monoisotopic (exact) mass is 616 g/mol. The number of hydrogen-bond donors (Lipinski definition) is 0. The minimum Gasteiger partial charge on any atom is -0.748 e. The van der Waals surface area contributed by atoms with Crippen molar-refractivity contribution >= 4 is 55.2 Å². The van der Waals surface area contributed by atoms with Gasteiger partial charge in [-0.2, -0.15) is 4.57 Å². The summed E-state index contributed by atoms with van der Waals surface area (Å²) in [6.45, 7) is 8.96. The molecule has 0 radical (unpaired) electrons. The number of anilines is 1. The minimum atomic E-state index is -4.26. The lowest BCUT2D eigenvalue weighted by molar-refractivity contribution is -0.642. The predicted molar refractivity (Wildman–Crippen MR) is 176 cm³/mol. The standard InChI is InChI=1S/C34H36N2O3S3/c1-23-18-29-31(20-25(23)3)40-33(35(29)5)14-12-28(22-27-10-7-6-8-11-27)13-15-34-36(16-9-17-42(37,38)39)30-19-24(2)26(4)21-32(30)41-34/h6-8,10-15,18-21H,9,16-17,22H2,1-5H3. The van der Waals surface area contributed by atoms with Crippen LogP contribution >= 0.6 is 23.1 Å². The molecule has 0 spiro atoms. The molecule has 0 N–H and O–H groups in total. The summed E-state index contributed by atoms with van der Waals surface area (Å²) < 4.78 is 37.5. The number of rotatable bonds is 9. The maximum atomic E-state index is 11.3. The van der Waals surface area contributed by atoms with E-state index in [4.69, 9.17) is 0 Å². The molecule has 0 amide bonds. The van der Waals surface area contributed by atoms with Crippen LogP contribution in [-0.4, -0.2) is 25.3 Å². The van der Waals surface area contributed by atoms with E-state index in [1.807, 2.05) is 6.07 Å². The molecule has 0 saturated carbocycles. The van der Waals surface area contributed by atoms with Crippen molar-refractivity contribution < 1.29 is 17.5 Å². The van der Waals surface area contributed by atoms with Gasteiger partial charge in [-0.3, -0.25) is 0 Å². The molecule has 5 nitrogen and oxygen atoms in total. The Labute approximate surface area is 257 Å². The highest BCUT2D eigenvalue weighted by atomic mass is 32.2. The van der Waals surface area contributed by atoms with Crippen molar-refractivity contribution in [2.24, 2.45) is 7.05 Å². The smallest absolute Gasteiger partial charge is 0.262 e. The summed E-state index contributed by atoms with van der Waals surface area (Å²) in [6, 6.07) is 19.3. The van der Waals surface area contributed by atoms with Gasteiger partial charge in [0.2, 0.25) is 5.52 Å². The van der Waals surface area contributed by atoms with Crippen LogP contribution in [0.1, 0.15) is 39.2 Å². The van der Waals surface area contributed by atoms with Crippen molar-refractivity contribution in [2.75, 3.05) is 17.2 Å². The Kier molecular flexibility index (Phi) is 9.08. The molecule has 42 heavy (non-hydrogen) atoms. The number of thioether (sulfide) groups is 1. The van der Waals surface area contributed by atoms with E-state index >= 15 is 0 Å². The summed E-state index contributed by atoms with van der Waals surface area (Å²) in [5.74, 6) is -0.370. The number of benzene rings is 3. The maximum absolute atomic E-state index is 11.3. The number of aryl methyl sites for hydroxylation is 5. The minimum absolute atomic E-state index is 0.276. The quantitative estimate of drug-likeness (QED) is 0.111. The largest absolute Gasteiger partial charge is 0.748 e. The summed E-state index contributed by atoms with van der Waals surface area (Å²) in [5.41, 5.74) is 9.68. The molecule has 3 aromatic carbocycles. The number of nitrogens with zero attached hydrogens (tertiary/aromatic N) is 2. The van der Waals surface area contributed by atoms with Crippen molar-refractivity contribution in [2.45, 2.75) is 45.4 Å². The number of aromatic nitrogens is 1. The topological polar surface area (TPSA) is 64.3 Å². The van der Waals surface area contributed by atoms with Crippen LogP contribution in [0.5, 0.6) is 0 Å². The number of allylic oxidation sites excluding steroid dienone is 4. The molecule has 2 heterocycles. The van der Waals surface area contributed by atoms with E-state index in [1.54, 1.807) is 23.1 Å². The zero-order valence-electron chi connectivity index (χ0n) is 24.7. The van der Waals surface area contributed by atoms with Crippen molar-refractivity contribution in [1.29, 1.82) is 0 Å². The zero-order chi connectivity index (χ0) is 30.0. The second-order valence-corrected chi connectivity index (χ2v) is 14.6. The Bertz CT molecular complexity index is 1840. The molecule has 5 rings (SSSR count). The third-order valence-corrected chi connectivity index (χ3v) is 10.8. The first-order chi connectivity index (χ1) is 20.0. The van der Waals surface area contributed by atoms with E-state index in [2.05, 4.69) is 117 Å². The molecular weight excluding hydrogens is 581 g/mol. The van der Waals surface area contributed by atoms with Crippen LogP contribution in [0.2, 0.25) is 0 Å². The normalized spacial score (nSPS) is 15.0. The third-order valence-electron chi connectivity index (χ3n) is 7.74.